The van der Waals surface area contributed by atoms with Gasteiger partial charge in [0.05, 0.1) is 12.4 Å². The average molecular weight is 355 g/mol. The fourth-order valence-corrected chi connectivity index (χ4v) is 4.12. The number of carbonyl (C=O) groups excluding carboxylic acids is 1. The molecule has 1 amide bonds. The largest absolute Gasteiger partial charge is 0.383 e. The van der Waals surface area contributed by atoms with Crippen molar-refractivity contribution in [1.82, 2.24) is 15.3 Å². The number of aliphatic hydroxyl groups excluding tert-OH is 1. The van der Waals surface area contributed by atoms with Crippen LogP contribution in [0.1, 0.15) is 55.5 Å². The quantitative estimate of drug-likeness (QED) is 0.744. The summed E-state index contributed by atoms with van der Waals surface area (Å²) in [5, 5.41) is 13.5. The zero-order chi connectivity index (χ0) is 18.5. The van der Waals surface area contributed by atoms with Gasteiger partial charge < -0.3 is 15.4 Å². The number of carbonyl (C=O) groups is 1. The SMILES string of the molecule is Cc1ccccc1C(NC(=O)[C@H](O)Cc1cnc[nH]1)C1CCCC(C)C1. The number of hydrogen-bond acceptors (Lipinski definition) is 3. The van der Waals surface area contributed by atoms with E-state index in [2.05, 4.69) is 41.3 Å². The van der Waals surface area contributed by atoms with Gasteiger partial charge in [-0.25, -0.2) is 4.98 Å². The topological polar surface area (TPSA) is 78.0 Å². The molecule has 5 heteroatoms. The summed E-state index contributed by atoms with van der Waals surface area (Å²) in [6, 6.07) is 8.17. The number of aromatic nitrogens is 2. The van der Waals surface area contributed by atoms with Gasteiger partial charge in [0.25, 0.3) is 0 Å². The minimum atomic E-state index is -1.08. The summed E-state index contributed by atoms with van der Waals surface area (Å²) in [6.45, 7) is 4.37. The third-order valence-corrected chi connectivity index (χ3v) is 5.54. The van der Waals surface area contributed by atoms with Crippen LogP contribution in [0.5, 0.6) is 0 Å². The molecule has 1 aliphatic rings. The zero-order valence-corrected chi connectivity index (χ0v) is 15.6. The molecule has 4 atom stereocenters. The van der Waals surface area contributed by atoms with Crippen LogP contribution in [0.15, 0.2) is 36.8 Å². The van der Waals surface area contributed by atoms with Gasteiger partial charge in [-0.15, -0.1) is 0 Å². The Bertz CT molecular complexity index is 714. The van der Waals surface area contributed by atoms with E-state index in [-0.39, 0.29) is 18.4 Å². The van der Waals surface area contributed by atoms with E-state index in [4.69, 9.17) is 0 Å². The molecule has 0 aliphatic heterocycles. The van der Waals surface area contributed by atoms with Crippen molar-refractivity contribution in [3.05, 3.63) is 53.6 Å². The number of aryl methyl sites for hydroxylation is 1. The first kappa shape index (κ1) is 18.6. The molecule has 26 heavy (non-hydrogen) atoms. The predicted molar refractivity (Wildman–Crippen MR) is 101 cm³/mol. The molecule has 0 spiro atoms. The number of nitrogens with zero attached hydrogens (tertiary/aromatic N) is 1. The van der Waals surface area contributed by atoms with Gasteiger partial charge in [-0.3, -0.25) is 4.79 Å². The van der Waals surface area contributed by atoms with E-state index in [0.29, 0.717) is 11.8 Å². The van der Waals surface area contributed by atoms with Crippen LogP contribution < -0.4 is 5.32 Å². The second-order valence-electron chi connectivity index (χ2n) is 7.67. The van der Waals surface area contributed by atoms with Gasteiger partial charge in [0.2, 0.25) is 5.91 Å². The van der Waals surface area contributed by atoms with Crippen molar-refractivity contribution in [2.24, 2.45) is 11.8 Å². The minimum absolute atomic E-state index is 0.0529. The van der Waals surface area contributed by atoms with Crippen molar-refractivity contribution < 1.29 is 9.90 Å². The Labute approximate surface area is 155 Å². The fourth-order valence-electron chi connectivity index (χ4n) is 4.12. The van der Waals surface area contributed by atoms with E-state index in [1.165, 1.54) is 18.4 Å². The van der Waals surface area contributed by atoms with Crippen molar-refractivity contribution in [2.45, 2.75) is 58.1 Å². The van der Waals surface area contributed by atoms with Crippen LogP contribution >= 0.6 is 0 Å². The summed E-state index contributed by atoms with van der Waals surface area (Å²) < 4.78 is 0. The Morgan fingerprint density at radius 2 is 2.19 bits per heavy atom. The van der Waals surface area contributed by atoms with E-state index in [0.717, 1.165) is 24.1 Å². The highest BCUT2D eigenvalue weighted by Crippen LogP contribution is 2.38. The first-order valence-electron chi connectivity index (χ1n) is 9.55. The average Bonchev–Trinajstić information content (AvgIpc) is 3.13. The predicted octanol–water partition coefficient (Wildman–Crippen LogP) is 3.31. The molecule has 1 aliphatic carbocycles. The number of H-pyrrole nitrogens is 1. The lowest BCUT2D eigenvalue weighted by Gasteiger charge is -2.35. The van der Waals surface area contributed by atoms with Crippen molar-refractivity contribution in [1.29, 1.82) is 0 Å². The van der Waals surface area contributed by atoms with Crippen molar-refractivity contribution >= 4 is 5.91 Å². The monoisotopic (exact) mass is 355 g/mol. The minimum Gasteiger partial charge on any atom is -0.383 e. The number of rotatable bonds is 6. The number of hydrogen-bond donors (Lipinski definition) is 3. The lowest BCUT2D eigenvalue weighted by Crippen LogP contribution is -2.42. The lowest BCUT2D eigenvalue weighted by molar-refractivity contribution is -0.130. The van der Waals surface area contributed by atoms with Crippen LogP contribution in [0.3, 0.4) is 0 Å². The highest BCUT2D eigenvalue weighted by atomic mass is 16.3. The molecule has 0 saturated heterocycles. The summed E-state index contributed by atoms with van der Waals surface area (Å²) in [7, 11) is 0. The molecule has 1 aromatic carbocycles. The standard InChI is InChI=1S/C21H29N3O2/c1-14-6-5-8-16(10-14)20(18-9-4-3-7-15(18)2)24-21(26)19(25)11-17-12-22-13-23-17/h3-4,7,9,12-14,16,19-20,25H,5-6,8,10-11H2,1-2H3,(H,22,23)(H,24,26)/t14?,16?,19-,20?/m1/s1. The summed E-state index contributed by atoms with van der Waals surface area (Å²) in [5.41, 5.74) is 3.10. The summed E-state index contributed by atoms with van der Waals surface area (Å²) in [4.78, 5) is 19.6. The first-order chi connectivity index (χ1) is 12.5. The van der Waals surface area contributed by atoms with Crippen molar-refractivity contribution in [3.63, 3.8) is 0 Å². The fraction of sp³-hybridized carbons (Fsp3) is 0.524. The smallest absolute Gasteiger partial charge is 0.249 e. The zero-order valence-electron chi connectivity index (χ0n) is 15.6. The van der Waals surface area contributed by atoms with E-state index in [1.807, 2.05) is 12.1 Å². The number of imidazole rings is 1. The molecule has 0 bridgehead atoms. The molecule has 1 heterocycles. The summed E-state index contributed by atoms with van der Waals surface area (Å²) in [5.74, 6) is 0.765. The Morgan fingerprint density at radius 3 is 2.88 bits per heavy atom. The third-order valence-electron chi connectivity index (χ3n) is 5.54. The molecule has 1 fully saturated rings. The van der Waals surface area contributed by atoms with Gasteiger partial charge in [-0.05, 0) is 42.7 Å². The van der Waals surface area contributed by atoms with Crippen LogP contribution in [-0.2, 0) is 11.2 Å². The van der Waals surface area contributed by atoms with E-state index in [9.17, 15) is 9.90 Å². The Morgan fingerprint density at radius 1 is 1.38 bits per heavy atom. The first-order valence-corrected chi connectivity index (χ1v) is 9.55. The molecule has 1 aromatic heterocycles. The second kappa shape index (κ2) is 8.49. The molecular weight excluding hydrogens is 326 g/mol. The van der Waals surface area contributed by atoms with Gasteiger partial charge in [0, 0.05) is 18.3 Å². The van der Waals surface area contributed by atoms with Gasteiger partial charge in [-0.1, -0.05) is 44.0 Å². The maximum atomic E-state index is 12.7. The Balaban J connectivity index is 1.76. The highest BCUT2D eigenvalue weighted by molar-refractivity contribution is 5.81. The third kappa shape index (κ3) is 4.52. The van der Waals surface area contributed by atoms with E-state index >= 15 is 0 Å². The number of aromatic amines is 1. The van der Waals surface area contributed by atoms with Crippen LogP contribution in [0.25, 0.3) is 0 Å². The molecule has 5 nitrogen and oxygen atoms in total. The van der Waals surface area contributed by atoms with Crippen LogP contribution in [-0.4, -0.2) is 27.1 Å². The van der Waals surface area contributed by atoms with Gasteiger partial charge in [0.1, 0.15) is 6.10 Å². The van der Waals surface area contributed by atoms with Gasteiger partial charge in [0.15, 0.2) is 0 Å². The normalized spacial score (nSPS) is 22.6. The molecule has 3 rings (SSSR count). The summed E-state index contributed by atoms with van der Waals surface area (Å²) in [6.07, 6.45) is 7.03. The molecule has 140 valence electrons. The van der Waals surface area contributed by atoms with Crippen LogP contribution in [0.2, 0.25) is 0 Å². The molecular formula is C21H29N3O2. The molecule has 0 radical (unpaired) electrons. The highest BCUT2D eigenvalue weighted by Gasteiger charge is 2.31. The maximum absolute atomic E-state index is 12.7. The molecule has 3 unspecified atom stereocenters. The van der Waals surface area contributed by atoms with Gasteiger partial charge >= 0.3 is 0 Å². The van der Waals surface area contributed by atoms with Crippen LogP contribution in [0.4, 0.5) is 0 Å². The van der Waals surface area contributed by atoms with E-state index in [1.54, 1.807) is 12.5 Å². The lowest BCUT2D eigenvalue weighted by atomic mass is 9.76. The molecule has 3 N–H and O–H groups in total. The Hall–Kier alpha value is -2.14. The summed E-state index contributed by atoms with van der Waals surface area (Å²) >= 11 is 0. The number of benzene rings is 1. The molecule has 2 aromatic rings. The number of aliphatic hydroxyl groups is 1. The maximum Gasteiger partial charge on any atom is 0.249 e. The van der Waals surface area contributed by atoms with Gasteiger partial charge in [-0.2, -0.15) is 0 Å². The second-order valence-corrected chi connectivity index (χ2v) is 7.67. The van der Waals surface area contributed by atoms with Crippen molar-refractivity contribution in [2.75, 3.05) is 0 Å². The number of amides is 1. The van der Waals surface area contributed by atoms with E-state index < -0.39 is 6.10 Å². The molecule has 1 saturated carbocycles. The van der Waals surface area contributed by atoms with Crippen molar-refractivity contribution in [3.8, 4) is 0 Å². The van der Waals surface area contributed by atoms with Crippen LogP contribution in [0, 0.1) is 18.8 Å². The Kier molecular flexibility index (Phi) is 6.09. The number of nitrogens with one attached hydrogen (secondary N) is 2.